The first kappa shape index (κ1) is 22.7. The maximum absolute atomic E-state index is 4.63. The van der Waals surface area contributed by atoms with Crippen LogP contribution in [0.2, 0.25) is 0 Å². The van der Waals surface area contributed by atoms with Crippen LogP contribution in [0.25, 0.3) is 5.57 Å². The van der Waals surface area contributed by atoms with Gasteiger partial charge in [-0.25, -0.2) is 4.99 Å². The first-order valence-corrected chi connectivity index (χ1v) is 11.2. The number of amidine groups is 1. The summed E-state index contributed by atoms with van der Waals surface area (Å²) in [7, 11) is 0. The Bertz CT molecular complexity index is 913. The van der Waals surface area contributed by atoms with Crippen LogP contribution < -0.4 is 5.32 Å². The third-order valence-corrected chi connectivity index (χ3v) is 5.07. The van der Waals surface area contributed by atoms with E-state index in [0.29, 0.717) is 5.92 Å². The van der Waals surface area contributed by atoms with Crippen molar-refractivity contribution in [2.75, 3.05) is 5.32 Å². The highest BCUT2D eigenvalue weighted by molar-refractivity contribution is 7.10. The van der Waals surface area contributed by atoms with Crippen molar-refractivity contribution >= 4 is 33.7 Å². The van der Waals surface area contributed by atoms with E-state index in [-0.39, 0.29) is 5.92 Å². The predicted molar refractivity (Wildman–Crippen MR) is 126 cm³/mol. The van der Waals surface area contributed by atoms with Crippen molar-refractivity contribution in [1.29, 1.82) is 0 Å². The van der Waals surface area contributed by atoms with E-state index in [4.69, 9.17) is 0 Å². The van der Waals surface area contributed by atoms with E-state index in [1.54, 1.807) is 0 Å². The van der Waals surface area contributed by atoms with Crippen LogP contribution in [0.4, 0.5) is 5.00 Å². The Hall–Kier alpha value is -2.54. The largest absolute Gasteiger partial charge is 0.329 e. The van der Waals surface area contributed by atoms with Crippen molar-refractivity contribution in [3.8, 4) is 0 Å². The van der Waals surface area contributed by atoms with Crippen LogP contribution in [0.5, 0.6) is 0 Å². The summed E-state index contributed by atoms with van der Waals surface area (Å²) in [5, 5.41) is 8.75. The summed E-state index contributed by atoms with van der Waals surface area (Å²) in [6, 6.07) is 2.08. The van der Waals surface area contributed by atoms with Crippen LogP contribution in [-0.2, 0) is 6.54 Å². The minimum Gasteiger partial charge on any atom is -0.329 e. The van der Waals surface area contributed by atoms with E-state index < -0.39 is 0 Å². The van der Waals surface area contributed by atoms with Crippen molar-refractivity contribution < 1.29 is 0 Å². The van der Waals surface area contributed by atoms with Gasteiger partial charge in [0.2, 0.25) is 0 Å². The molecule has 2 aliphatic heterocycles. The fourth-order valence-electron chi connectivity index (χ4n) is 2.89. The number of aromatic nitrogens is 3. The number of rotatable bonds is 4. The standard InChI is InChI=1S/C18H20N6S.2C2H6/c1-4-24-10-12(8-21-24)14-9-20-17-13(14)5-6-19-18(17)22-16-7-15(11(2)3)23-25-16;2*1-2/h5-11,13H,4H2,1-3H3,(H,19,22);2*1-2H3. The lowest BCUT2D eigenvalue weighted by molar-refractivity contribution is 0.659. The zero-order chi connectivity index (χ0) is 21.4. The van der Waals surface area contributed by atoms with Gasteiger partial charge >= 0.3 is 0 Å². The third-order valence-electron chi connectivity index (χ3n) is 4.35. The zero-order valence-electron chi connectivity index (χ0n) is 18.5. The number of aryl methyl sites for hydroxylation is 1. The molecule has 0 aromatic carbocycles. The van der Waals surface area contributed by atoms with E-state index >= 15 is 0 Å². The second-order valence-corrected chi connectivity index (χ2v) is 7.18. The molecule has 0 saturated carbocycles. The van der Waals surface area contributed by atoms with Gasteiger partial charge in [-0.3, -0.25) is 9.67 Å². The van der Waals surface area contributed by atoms with Gasteiger partial charge in [-0.15, -0.1) is 0 Å². The summed E-state index contributed by atoms with van der Waals surface area (Å²) in [5.41, 5.74) is 4.31. The Labute approximate surface area is 178 Å². The van der Waals surface area contributed by atoms with Gasteiger partial charge in [0.15, 0.2) is 5.84 Å². The molecular weight excluding hydrogens is 380 g/mol. The van der Waals surface area contributed by atoms with Gasteiger partial charge in [-0.05, 0) is 36.0 Å². The van der Waals surface area contributed by atoms with Crippen molar-refractivity contribution in [3.63, 3.8) is 0 Å². The summed E-state index contributed by atoms with van der Waals surface area (Å²) < 4.78 is 6.41. The molecule has 6 nitrogen and oxygen atoms in total. The molecule has 156 valence electrons. The molecule has 2 aromatic rings. The summed E-state index contributed by atoms with van der Waals surface area (Å²) in [5.74, 6) is 1.33. The molecule has 0 fully saturated rings. The highest BCUT2D eigenvalue weighted by atomic mass is 32.1. The quantitative estimate of drug-likeness (QED) is 0.671. The summed E-state index contributed by atoms with van der Waals surface area (Å²) in [6.45, 7) is 15.2. The lowest BCUT2D eigenvalue weighted by Crippen LogP contribution is -2.29. The number of fused-ring (bicyclic) bond motifs is 1. The maximum atomic E-state index is 4.63. The molecule has 0 radical (unpaired) electrons. The molecule has 0 saturated heterocycles. The summed E-state index contributed by atoms with van der Waals surface area (Å²) >= 11 is 1.46. The highest BCUT2D eigenvalue weighted by Gasteiger charge is 2.30. The average molecular weight is 413 g/mol. The molecule has 4 heterocycles. The Morgan fingerprint density at radius 1 is 1.17 bits per heavy atom. The second kappa shape index (κ2) is 10.9. The molecule has 1 N–H and O–H groups in total. The summed E-state index contributed by atoms with van der Waals surface area (Å²) in [6.07, 6.45) is 9.82. The van der Waals surface area contributed by atoms with Crippen LogP contribution in [0, 0.1) is 5.92 Å². The van der Waals surface area contributed by atoms with E-state index in [0.717, 1.165) is 39.9 Å². The van der Waals surface area contributed by atoms with Gasteiger partial charge < -0.3 is 5.32 Å². The number of hydrogen-bond donors (Lipinski definition) is 1. The molecule has 4 rings (SSSR count). The lowest BCUT2D eigenvalue weighted by Gasteiger charge is -2.18. The van der Waals surface area contributed by atoms with Crippen LogP contribution in [0.1, 0.15) is 65.6 Å². The van der Waals surface area contributed by atoms with Crippen molar-refractivity contribution in [1.82, 2.24) is 14.2 Å². The van der Waals surface area contributed by atoms with E-state index in [1.165, 1.54) is 11.5 Å². The smallest absolute Gasteiger partial charge is 0.153 e. The molecule has 7 heteroatoms. The van der Waals surface area contributed by atoms with E-state index in [2.05, 4.69) is 63.9 Å². The minimum absolute atomic E-state index is 0.118. The molecule has 0 aliphatic carbocycles. The van der Waals surface area contributed by atoms with Crippen LogP contribution in [-0.4, -0.2) is 25.7 Å². The molecule has 29 heavy (non-hydrogen) atoms. The monoisotopic (exact) mass is 412 g/mol. The van der Waals surface area contributed by atoms with Crippen molar-refractivity contribution in [2.45, 2.75) is 60.9 Å². The number of nitrogens with zero attached hydrogens (tertiary/aromatic N) is 5. The fraction of sp³-hybridized carbons (Fsp3) is 0.455. The number of aliphatic imine (C=N–C) groups is 2. The van der Waals surface area contributed by atoms with Gasteiger partial charge in [-0.2, -0.15) is 9.47 Å². The van der Waals surface area contributed by atoms with Crippen LogP contribution in [0.15, 0.2) is 46.9 Å². The van der Waals surface area contributed by atoms with Gasteiger partial charge in [0.1, 0.15) is 5.00 Å². The molecule has 0 bridgehead atoms. The van der Waals surface area contributed by atoms with Crippen molar-refractivity contribution in [2.24, 2.45) is 15.9 Å². The highest BCUT2D eigenvalue weighted by Crippen LogP contribution is 2.33. The Morgan fingerprint density at radius 3 is 2.55 bits per heavy atom. The topological polar surface area (TPSA) is 67.5 Å². The minimum atomic E-state index is 0.118. The molecule has 0 spiro atoms. The first-order valence-electron chi connectivity index (χ1n) is 10.4. The van der Waals surface area contributed by atoms with Crippen LogP contribution >= 0.6 is 11.5 Å². The predicted octanol–water partition coefficient (Wildman–Crippen LogP) is 5.98. The molecular formula is C22H32N6S. The summed E-state index contributed by atoms with van der Waals surface area (Å²) in [4.78, 5) is 9.12. The lowest BCUT2D eigenvalue weighted by atomic mass is 9.91. The number of nitrogens with one attached hydrogen (secondary N) is 1. The first-order chi connectivity index (χ1) is 14.2. The normalized spacial score (nSPS) is 16.7. The maximum Gasteiger partial charge on any atom is 0.153 e. The van der Waals surface area contributed by atoms with Gasteiger partial charge in [0.05, 0.1) is 23.5 Å². The number of allylic oxidation sites excluding steroid dienone is 2. The van der Waals surface area contributed by atoms with Gasteiger partial charge in [0.25, 0.3) is 0 Å². The second-order valence-electron chi connectivity index (χ2n) is 6.38. The molecule has 2 aromatic heterocycles. The van der Waals surface area contributed by atoms with Gasteiger partial charge in [-0.1, -0.05) is 47.6 Å². The Balaban J connectivity index is 0.000000707. The average Bonchev–Trinajstić information content (AvgIpc) is 3.50. The number of hydrogen-bond acceptors (Lipinski definition) is 6. The molecule has 2 aliphatic rings. The van der Waals surface area contributed by atoms with Crippen molar-refractivity contribution in [3.05, 3.63) is 48.2 Å². The zero-order valence-corrected chi connectivity index (χ0v) is 19.3. The van der Waals surface area contributed by atoms with E-state index in [9.17, 15) is 0 Å². The molecule has 1 atom stereocenters. The molecule has 1 unspecified atom stereocenters. The van der Waals surface area contributed by atoms with Crippen LogP contribution in [0.3, 0.4) is 0 Å². The fourth-order valence-corrected chi connectivity index (χ4v) is 3.68. The number of anilines is 1. The third kappa shape index (κ3) is 5.09. The Morgan fingerprint density at radius 2 is 1.93 bits per heavy atom. The molecule has 0 amide bonds. The van der Waals surface area contributed by atoms with E-state index in [1.807, 2.05) is 51.0 Å². The Kier molecular flexibility index (Phi) is 8.51. The van der Waals surface area contributed by atoms with Gasteiger partial charge in [0, 0.05) is 30.7 Å². The SMILES string of the molecule is CC.CC.CCn1cc(C2=CN=C3C(Nc4cc(C(C)C)ns4)=NC=CC23)cn1.